The Bertz CT molecular complexity index is 1520. The van der Waals surface area contributed by atoms with Crippen molar-refractivity contribution in [3.8, 4) is 22.6 Å². The third-order valence-electron chi connectivity index (χ3n) is 7.49. The van der Waals surface area contributed by atoms with E-state index in [0.29, 0.717) is 44.4 Å². The molecule has 0 spiro atoms. The van der Waals surface area contributed by atoms with Gasteiger partial charge in [-0.2, -0.15) is 0 Å². The van der Waals surface area contributed by atoms with Crippen molar-refractivity contribution in [2.45, 2.75) is 37.3 Å². The normalized spacial score (nSPS) is 14.7. The Kier molecular flexibility index (Phi) is 8.55. The molecule has 0 bridgehead atoms. The molecule has 1 amide bonds. The van der Waals surface area contributed by atoms with Crippen molar-refractivity contribution in [2.24, 2.45) is 0 Å². The number of aliphatic hydroxyl groups excluding tert-OH is 1. The maximum Gasteiger partial charge on any atom is 0.232 e. The van der Waals surface area contributed by atoms with Crippen molar-refractivity contribution >= 4 is 52.0 Å². The quantitative estimate of drug-likeness (QED) is 0.238. The molecule has 204 valence electrons. The smallest absolute Gasteiger partial charge is 0.232 e. The number of thioether (sulfide) groups is 1. The molecule has 2 heterocycles. The molecule has 3 aromatic carbocycles. The zero-order valence-electron chi connectivity index (χ0n) is 22.2. The highest BCUT2D eigenvalue weighted by Gasteiger charge is 2.24. The largest absolute Gasteiger partial charge is 0.434 e. The van der Waals surface area contributed by atoms with Crippen LogP contribution in [0.25, 0.3) is 33.7 Å². The molecule has 1 saturated heterocycles. The first-order valence-corrected chi connectivity index (χ1v) is 14.7. The van der Waals surface area contributed by atoms with Gasteiger partial charge in [-0.1, -0.05) is 47.5 Å². The van der Waals surface area contributed by atoms with E-state index in [1.807, 2.05) is 55.3 Å². The van der Waals surface area contributed by atoms with Crippen molar-refractivity contribution in [1.82, 2.24) is 14.8 Å². The second kappa shape index (κ2) is 11.9. The number of likely N-dealkylation sites (tertiary alicyclic amines) is 1. The number of benzene rings is 3. The minimum Gasteiger partial charge on any atom is -0.434 e. The fourth-order valence-corrected chi connectivity index (χ4v) is 6.63. The summed E-state index contributed by atoms with van der Waals surface area (Å²) in [4.78, 5) is 22.7. The van der Waals surface area contributed by atoms with Crippen LogP contribution < -0.4 is 0 Å². The predicted octanol–water partition coefficient (Wildman–Crippen LogP) is 6.91. The topological polar surface area (TPSA) is 69.8 Å². The average Bonchev–Trinajstić information content (AvgIpc) is 3.37. The summed E-state index contributed by atoms with van der Waals surface area (Å²) in [6, 6.07) is 15.6. The molecular weight excluding hydrogens is 553 g/mol. The van der Waals surface area contributed by atoms with Crippen LogP contribution in [0.1, 0.15) is 24.0 Å². The predicted molar refractivity (Wildman–Crippen MR) is 160 cm³/mol. The molecule has 1 fully saturated rings. The maximum atomic E-state index is 13.0. The van der Waals surface area contributed by atoms with Gasteiger partial charge in [-0.15, -0.1) is 11.8 Å². The zero-order valence-corrected chi connectivity index (χ0v) is 24.5. The minimum absolute atomic E-state index is 0.119. The fourth-order valence-electron chi connectivity index (χ4n) is 5.07. The summed E-state index contributed by atoms with van der Waals surface area (Å²) in [5.74, 6) is 0.906. The molecule has 0 aliphatic carbocycles. The summed E-state index contributed by atoms with van der Waals surface area (Å²) in [7, 11) is 4.03. The zero-order chi connectivity index (χ0) is 27.7. The molecule has 6 nitrogen and oxygen atoms in total. The first kappa shape index (κ1) is 28.0. The van der Waals surface area contributed by atoms with E-state index in [9.17, 15) is 9.90 Å². The Balaban J connectivity index is 1.38. The number of aliphatic hydroxyl groups is 1. The number of nitrogens with zero attached hydrogens (tertiary/aromatic N) is 3. The Morgan fingerprint density at radius 1 is 1.13 bits per heavy atom. The molecule has 1 aliphatic heterocycles. The van der Waals surface area contributed by atoms with Crippen LogP contribution in [-0.4, -0.2) is 64.8 Å². The SMILES string of the molecule is Cc1c(-c2nc3cc(CO)cc(Cl)c3o2)cccc1-c1cccc(SCC(=O)N(C)C2CCN(C)CC2)c1Cl. The molecule has 9 heteroatoms. The van der Waals surface area contributed by atoms with E-state index in [2.05, 4.69) is 16.9 Å². The van der Waals surface area contributed by atoms with E-state index in [0.717, 1.165) is 53.1 Å². The number of amides is 1. The van der Waals surface area contributed by atoms with Gasteiger partial charge >= 0.3 is 0 Å². The monoisotopic (exact) mass is 583 g/mol. The number of hydrogen-bond acceptors (Lipinski definition) is 6. The molecular formula is C30H31Cl2N3O3S. The fraction of sp³-hybridized carbons (Fsp3) is 0.333. The number of carbonyl (C=O) groups is 1. The van der Waals surface area contributed by atoms with Gasteiger partial charge in [0.2, 0.25) is 11.8 Å². The molecule has 4 aromatic rings. The number of fused-ring (bicyclic) bond motifs is 1. The summed E-state index contributed by atoms with van der Waals surface area (Å²) in [6.07, 6.45) is 2.01. The second-order valence-corrected chi connectivity index (χ2v) is 11.8. The van der Waals surface area contributed by atoms with Crippen molar-refractivity contribution < 1.29 is 14.3 Å². The lowest BCUT2D eigenvalue weighted by molar-refractivity contribution is -0.129. The van der Waals surface area contributed by atoms with Gasteiger partial charge in [0.05, 0.1) is 22.4 Å². The standard InChI is InChI=1S/C30H31Cl2N3O3S/c1-18-21(6-4-7-22(18)30-33-25-15-19(16-36)14-24(31)29(25)38-30)23-8-5-9-26(28(23)32)39-17-27(37)35(3)20-10-12-34(2)13-11-20/h4-9,14-15,20,36H,10-13,16-17H2,1-3H3. The summed E-state index contributed by atoms with van der Waals surface area (Å²) in [6.45, 7) is 3.92. The van der Waals surface area contributed by atoms with E-state index in [4.69, 9.17) is 27.6 Å². The summed E-state index contributed by atoms with van der Waals surface area (Å²) in [5.41, 5.74) is 5.39. The van der Waals surface area contributed by atoms with Crippen LogP contribution in [0.4, 0.5) is 0 Å². The second-order valence-electron chi connectivity index (χ2n) is 10.0. The van der Waals surface area contributed by atoms with Gasteiger partial charge in [0.1, 0.15) is 5.52 Å². The highest BCUT2D eigenvalue weighted by Crippen LogP contribution is 2.40. The third kappa shape index (κ3) is 5.83. The molecule has 39 heavy (non-hydrogen) atoms. The Labute approximate surface area is 242 Å². The number of oxazole rings is 1. The van der Waals surface area contributed by atoms with Crippen LogP contribution in [0.5, 0.6) is 0 Å². The molecule has 1 aliphatic rings. The first-order valence-electron chi connectivity index (χ1n) is 12.9. The van der Waals surface area contributed by atoms with Crippen molar-refractivity contribution in [1.29, 1.82) is 0 Å². The molecule has 0 radical (unpaired) electrons. The lowest BCUT2D eigenvalue weighted by atomic mass is 9.96. The number of piperidine rings is 1. The summed E-state index contributed by atoms with van der Waals surface area (Å²) in [5, 5.41) is 10.5. The molecule has 1 aromatic heterocycles. The molecule has 0 atom stereocenters. The van der Waals surface area contributed by atoms with Crippen molar-refractivity contribution in [3.05, 3.63) is 69.7 Å². The summed E-state index contributed by atoms with van der Waals surface area (Å²) >= 11 is 14.8. The minimum atomic E-state index is -0.126. The Morgan fingerprint density at radius 3 is 2.56 bits per heavy atom. The summed E-state index contributed by atoms with van der Waals surface area (Å²) < 4.78 is 6.05. The first-order chi connectivity index (χ1) is 18.8. The van der Waals surface area contributed by atoms with Gasteiger partial charge in [-0.3, -0.25) is 4.79 Å². The van der Waals surface area contributed by atoms with Crippen LogP contribution in [0.2, 0.25) is 10.0 Å². The van der Waals surface area contributed by atoms with Gasteiger partial charge in [0, 0.05) is 29.1 Å². The number of carbonyl (C=O) groups excluding carboxylic acids is 1. The van der Waals surface area contributed by atoms with Gasteiger partial charge in [-0.05, 0) is 80.9 Å². The molecule has 0 saturated carbocycles. The van der Waals surface area contributed by atoms with E-state index in [-0.39, 0.29) is 12.5 Å². The molecule has 0 unspecified atom stereocenters. The molecule has 1 N–H and O–H groups in total. The lowest BCUT2D eigenvalue weighted by Crippen LogP contribution is -2.45. The number of hydrogen-bond donors (Lipinski definition) is 1. The number of rotatable bonds is 7. The molecule has 5 rings (SSSR count). The Hall–Kier alpha value is -2.55. The van der Waals surface area contributed by atoms with Crippen molar-refractivity contribution in [2.75, 3.05) is 32.9 Å². The van der Waals surface area contributed by atoms with E-state index < -0.39 is 0 Å². The van der Waals surface area contributed by atoms with Crippen LogP contribution >= 0.6 is 35.0 Å². The van der Waals surface area contributed by atoms with Crippen LogP contribution in [-0.2, 0) is 11.4 Å². The average molecular weight is 585 g/mol. The lowest BCUT2D eigenvalue weighted by Gasteiger charge is -2.35. The number of halogens is 2. The van der Waals surface area contributed by atoms with Crippen molar-refractivity contribution in [3.63, 3.8) is 0 Å². The van der Waals surface area contributed by atoms with Crippen LogP contribution in [0.3, 0.4) is 0 Å². The van der Waals surface area contributed by atoms with Gasteiger partial charge in [0.25, 0.3) is 0 Å². The van der Waals surface area contributed by atoms with E-state index >= 15 is 0 Å². The Morgan fingerprint density at radius 2 is 1.82 bits per heavy atom. The number of aromatic nitrogens is 1. The van der Waals surface area contributed by atoms with Gasteiger partial charge in [0.15, 0.2) is 5.58 Å². The van der Waals surface area contributed by atoms with E-state index in [1.54, 1.807) is 12.1 Å². The van der Waals surface area contributed by atoms with E-state index in [1.165, 1.54) is 11.8 Å². The maximum absolute atomic E-state index is 13.0. The van der Waals surface area contributed by atoms with Crippen LogP contribution in [0.15, 0.2) is 57.8 Å². The highest BCUT2D eigenvalue weighted by molar-refractivity contribution is 8.00. The third-order valence-corrected chi connectivity index (χ3v) is 9.33. The van der Waals surface area contributed by atoms with Gasteiger partial charge in [-0.25, -0.2) is 4.98 Å². The highest BCUT2D eigenvalue weighted by atomic mass is 35.5. The van der Waals surface area contributed by atoms with Crippen LogP contribution in [0, 0.1) is 6.92 Å². The van der Waals surface area contributed by atoms with Gasteiger partial charge < -0.3 is 19.3 Å².